The third kappa shape index (κ3) is 9.02. The monoisotopic (exact) mass is 392 g/mol. The van der Waals surface area contributed by atoms with E-state index in [1.54, 1.807) is 25.6 Å². The van der Waals surface area contributed by atoms with Crippen LogP contribution in [-0.2, 0) is 19.2 Å². The number of carboxylic acid groups (broad SMARTS) is 1. The van der Waals surface area contributed by atoms with Crippen molar-refractivity contribution in [2.24, 2.45) is 11.7 Å². The highest BCUT2D eigenvalue weighted by Crippen LogP contribution is 2.03. The lowest BCUT2D eigenvalue weighted by Crippen LogP contribution is -2.56. The molecule has 0 aromatic carbocycles. The lowest BCUT2D eigenvalue weighted by Gasteiger charge is -2.23. The molecular formula is C15H28N4O6S. The highest BCUT2D eigenvalue weighted by Gasteiger charge is 2.28. The molecule has 0 saturated carbocycles. The van der Waals surface area contributed by atoms with Crippen molar-refractivity contribution in [1.29, 1.82) is 0 Å². The van der Waals surface area contributed by atoms with E-state index in [0.29, 0.717) is 12.2 Å². The van der Waals surface area contributed by atoms with Gasteiger partial charge in [0.2, 0.25) is 17.7 Å². The van der Waals surface area contributed by atoms with Gasteiger partial charge >= 0.3 is 5.97 Å². The second-order valence-corrected chi connectivity index (χ2v) is 6.96. The molecule has 3 unspecified atom stereocenters. The topological polar surface area (TPSA) is 171 Å². The first-order valence-electron chi connectivity index (χ1n) is 8.09. The van der Waals surface area contributed by atoms with E-state index in [4.69, 9.17) is 15.9 Å². The zero-order chi connectivity index (χ0) is 20.3. The molecular weight excluding hydrogens is 364 g/mol. The maximum Gasteiger partial charge on any atom is 0.328 e. The number of nitrogens with one attached hydrogen (secondary N) is 3. The fourth-order valence-corrected chi connectivity index (χ4v) is 2.37. The Morgan fingerprint density at radius 2 is 1.73 bits per heavy atom. The predicted molar refractivity (Wildman–Crippen MR) is 97.4 cm³/mol. The van der Waals surface area contributed by atoms with E-state index in [0.717, 1.165) is 0 Å². The Labute approximate surface area is 156 Å². The molecule has 11 heteroatoms. The number of nitrogens with two attached hydrogens (primary N) is 1. The van der Waals surface area contributed by atoms with Crippen LogP contribution in [0.15, 0.2) is 0 Å². The van der Waals surface area contributed by atoms with Crippen LogP contribution in [0.25, 0.3) is 0 Å². The molecule has 0 fully saturated rings. The first-order valence-corrected chi connectivity index (χ1v) is 9.49. The van der Waals surface area contributed by atoms with E-state index in [2.05, 4.69) is 16.0 Å². The number of aliphatic hydroxyl groups excluding tert-OH is 1. The van der Waals surface area contributed by atoms with Crippen molar-refractivity contribution in [2.75, 3.05) is 25.2 Å². The van der Waals surface area contributed by atoms with Crippen molar-refractivity contribution in [2.45, 2.75) is 38.4 Å². The van der Waals surface area contributed by atoms with Crippen molar-refractivity contribution < 1.29 is 29.4 Å². The molecule has 7 N–H and O–H groups in total. The van der Waals surface area contributed by atoms with Gasteiger partial charge in [0.05, 0.1) is 19.2 Å². The zero-order valence-corrected chi connectivity index (χ0v) is 16.0. The minimum Gasteiger partial charge on any atom is -0.480 e. The van der Waals surface area contributed by atoms with Crippen LogP contribution >= 0.6 is 11.8 Å². The number of thioether (sulfide) groups is 1. The molecule has 0 bridgehead atoms. The number of aliphatic hydroxyl groups is 1. The van der Waals surface area contributed by atoms with Gasteiger partial charge in [0, 0.05) is 0 Å². The van der Waals surface area contributed by atoms with Crippen LogP contribution < -0.4 is 21.7 Å². The molecule has 0 rings (SSSR count). The molecule has 10 nitrogen and oxygen atoms in total. The summed E-state index contributed by atoms with van der Waals surface area (Å²) in [6.07, 6.45) is 2.37. The summed E-state index contributed by atoms with van der Waals surface area (Å²) in [5.41, 5.74) is 5.69. The summed E-state index contributed by atoms with van der Waals surface area (Å²) >= 11 is 1.55. The van der Waals surface area contributed by atoms with Crippen LogP contribution in [0.4, 0.5) is 0 Å². The maximum atomic E-state index is 12.1. The summed E-state index contributed by atoms with van der Waals surface area (Å²) in [5, 5.41) is 24.8. The molecule has 0 aliphatic rings. The summed E-state index contributed by atoms with van der Waals surface area (Å²) in [4.78, 5) is 46.8. The molecule has 0 aliphatic heterocycles. The molecule has 0 spiro atoms. The van der Waals surface area contributed by atoms with Crippen molar-refractivity contribution >= 4 is 35.5 Å². The fraction of sp³-hybridized carbons (Fsp3) is 0.733. The van der Waals surface area contributed by atoms with Crippen molar-refractivity contribution in [3.8, 4) is 0 Å². The van der Waals surface area contributed by atoms with Gasteiger partial charge in [-0.1, -0.05) is 13.8 Å². The molecule has 0 saturated heterocycles. The van der Waals surface area contributed by atoms with Gasteiger partial charge in [-0.3, -0.25) is 14.4 Å². The van der Waals surface area contributed by atoms with Gasteiger partial charge in [-0.15, -0.1) is 0 Å². The molecule has 3 atom stereocenters. The van der Waals surface area contributed by atoms with Crippen LogP contribution in [0.3, 0.4) is 0 Å². The minimum atomic E-state index is -1.46. The smallest absolute Gasteiger partial charge is 0.328 e. The molecule has 0 aromatic rings. The molecule has 0 aliphatic carbocycles. The number of carbonyl (C=O) groups is 4. The van der Waals surface area contributed by atoms with Crippen LogP contribution in [0, 0.1) is 5.92 Å². The lowest BCUT2D eigenvalue weighted by molar-refractivity contribution is -0.143. The van der Waals surface area contributed by atoms with E-state index in [1.807, 2.05) is 6.26 Å². The number of hydrogen-bond donors (Lipinski definition) is 6. The van der Waals surface area contributed by atoms with Crippen molar-refractivity contribution in [1.82, 2.24) is 16.0 Å². The summed E-state index contributed by atoms with van der Waals surface area (Å²) < 4.78 is 0. The summed E-state index contributed by atoms with van der Waals surface area (Å²) in [7, 11) is 0. The predicted octanol–water partition coefficient (Wildman–Crippen LogP) is -2.11. The van der Waals surface area contributed by atoms with Gasteiger partial charge in [-0.2, -0.15) is 11.8 Å². The summed E-state index contributed by atoms with van der Waals surface area (Å²) in [6, 6.07) is -3.20. The second kappa shape index (κ2) is 12.5. The highest BCUT2D eigenvalue weighted by molar-refractivity contribution is 7.98. The van der Waals surface area contributed by atoms with Crippen molar-refractivity contribution in [3.05, 3.63) is 0 Å². The van der Waals surface area contributed by atoms with Gasteiger partial charge < -0.3 is 31.9 Å². The molecule has 26 heavy (non-hydrogen) atoms. The van der Waals surface area contributed by atoms with E-state index in [1.165, 1.54) is 0 Å². The minimum absolute atomic E-state index is 0.341. The van der Waals surface area contributed by atoms with E-state index in [-0.39, 0.29) is 12.5 Å². The number of hydrogen-bond acceptors (Lipinski definition) is 7. The highest BCUT2D eigenvalue weighted by atomic mass is 32.2. The number of amides is 3. The molecule has 3 amide bonds. The lowest BCUT2D eigenvalue weighted by atomic mass is 10.0. The summed E-state index contributed by atoms with van der Waals surface area (Å²) in [6.45, 7) is 2.20. The Bertz CT molecular complexity index is 503. The van der Waals surface area contributed by atoms with Crippen LogP contribution in [-0.4, -0.2) is 77.2 Å². The van der Waals surface area contributed by atoms with Crippen LogP contribution in [0.5, 0.6) is 0 Å². The molecule has 0 heterocycles. The average Bonchev–Trinajstić information content (AvgIpc) is 2.58. The van der Waals surface area contributed by atoms with Gasteiger partial charge in [0.1, 0.15) is 12.1 Å². The standard InChI is InChI=1S/C15H28N4O6S/c1-8(2)12(14(23)18-10(7-20)15(24)25)19-11(21)6-17-13(22)9(16)4-5-26-3/h8-10,12,20H,4-7,16H2,1-3H3,(H,17,22)(H,18,23)(H,19,21)(H,24,25). The normalized spacial score (nSPS) is 14.2. The first-order chi connectivity index (χ1) is 12.1. The van der Waals surface area contributed by atoms with Crippen molar-refractivity contribution in [3.63, 3.8) is 0 Å². The first kappa shape index (κ1) is 24.1. The Kier molecular flexibility index (Phi) is 11.6. The zero-order valence-electron chi connectivity index (χ0n) is 15.2. The Morgan fingerprint density at radius 1 is 1.12 bits per heavy atom. The second-order valence-electron chi connectivity index (χ2n) is 5.98. The van der Waals surface area contributed by atoms with Gasteiger partial charge in [-0.05, 0) is 24.3 Å². The van der Waals surface area contributed by atoms with Gasteiger partial charge in [-0.25, -0.2) is 4.79 Å². The molecule has 0 radical (unpaired) electrons. The number of aliphatic carboxylic acids is 1. The SMILES string of the molecule is CSCCC(N)C(=O)NCC(=O)NC(C(=O)NC(CO)C(=O)O)C(C)C. The van der Waals surface area contributed by atoms with E-state index < -0.39 is 48.4 Å². The summed E-state index contributed by atoms with van der Waals surface area (Å²) in [5.74, 6) is -2.83. The maximum absolute atomic E-state index is 12.1. The quantitative estimate of drug-likeness (QED) is 0.219. The van der Waals surface area contributed by atoms with Crippen LogP contribution in [0.2, 0.25) is 0 Å². The number of rotatable bonds is 12. The Hall–Kier alpha value is -1.85. The number of carbonyl (C=O) groups excluding carboxylic acids is 3. The largest absolute Gasteiger partial charge is 0.480 e. The van der Waals surface area contributed by atoms with E-state index >= 15 is 0 Å². The fourth-order valence-electron chi connectivity index (χ4n) is 1.88. The van der Waals surface area contributed by atoms with Gasteiger partial charge in [0.15, 0.2) is 0 Å². The number of carboxylic acids is 1. The van der Waals surface area contributed by atoms with Gasteiger partial charge in [0.25, 0.3) is 0 Å². The Morgan fingerprint density at radius 3 is 2.19 bits per heavy atom. The molecule has 150 valence electrons. The third-order valence-corrected chi connectivity index (χ3v) is 4.10. The molecule has 0 aromatic heterocycles. The van der Waals surface area contributed by atoms with Crippen LogP contribution in [0.1, 0.15) is 20.3 Å². The average molecular weight is 392 g/mol. The van der Waals surface area contributed by atoms with E-state index in [9.17, 15) is 19.2 Å². The third-order valence-electron chi connectivity index (χ3n) is 3.46. The Balaban J connectivity index is 4.61.